The Bertz CT molecular complexity index is 324. The van der Waals surface area contributed by atoms with Crippen molar-refractivity contribution in [2.75, 3.05) is 34.2 Å². The molecule has 5 nitrogen and oxygen atoms in total. The Morgan fingerprint density at radius 2 is 1.79 bits per heavy atom. The number of nitrogens with one attached hydrogen (secondary N) is 1. The highest BCUT2D eigenvalue weighted by Gasteiger charge is 2.25. The highest BCUT2D eigenvalue weighted by molar-refractivity contribution is 5.76. The van der Waals surface area contributed by atoms with Crippen molar-refractivity contribution in [3.8, 4) is 0 Å². The van der Waals surface area contributed by atoms with Gasteiger partial charge in [-0.1, -0.05) is 0 Å². The molecule has 0 aromatic rings. The molecule has 0 aliphatic carbocycles. The first-order chi connectivity index (χ1) is 9.11. The summed E-state index contributed by atoms with van der Waals surface area (Å²) in [6.45, 7) is 1.80. The Balaban J connectivity index is 1.73. The van der Waals surface area contributed by atoms with E-state index in [0.29, 0.717) is 24.5 Å². The third-order valence-corrected chi connectivity index (χ3v) is 4.35. The van der Waals surface area contributed by atoms with Crippen molar-refractivity contribution in [2.45, 2.75) is 37.9 Å². The molecule has 0 spiro atoms. The van der Waals surface area contributed by atoms with Gasteiger partial charge in [0, 0.05) is 52.0 Å². The monoisotopic (exact) mass is 266 g/mol. The molecule has 2 aliphatic heterocycles. The van der Waals surface area contributed by atoms with E-state index in [-0.39, 0.29) is 0 Å². The molecule has 108 valence electrons. The zero-order chi connectivity index (χ0) is 13.8. The number of rotatable bonds is 4. The lowest BCUT2D eigenvalue weighted by Gasteiger charge is -2.33. The van der Waals surface area contributed by atoms with Crippen LogP contribution in [0.4, 0.5) is 0 Å². The molecule has 1 saturated heterocycles. The fraction of sp³-hybridized carbons (Fsp3) is 0.786. The van der Waals surface area contributed by atoms with Gasteiger partial charge in [0.05, 0.1) is 0 Å². The Morgan fingerprint density at radius 3 is 2.32 bits per heavy atom. The molecular weight excluding hydrogens is 240 g/mol. The Labute approximate surface area is 116 Å². The first-order valence-electron chi connectivity index (χ1n) is 7.19. The summed E-state index contributed by atoms with van der Waals surface area (Å²) in [6.07, 6.45) is 8.15. The third-order valence-electron chi connectivity index (χ3n) is 4.35. The summed E-state index contributed by atoms with van der Waals surface area (Å²) in [5, 5.41) is 3.29. The maximum Gasteiger partial charge on any atom is 0.222 e. The van der Waals surface area contributed by atoms with E-state index in [1.807, 2.05) is 11.9 Å². The third kappa shape index (κ3) is 3.41. The number of carbonyl (C=O) groups excluding carboxylic acids is 1. The second-order valence-corrected chi connectivity index (χ2v) is 5.59. The number of carbonyl (C=O) groups is 1. The number of hydrogen-bond acceptors (Lipinski definition) is 4. The van der Waals surface area contributed by atoms with Crippen LogP contribution in [0.1, 0.15) is 25.7 Å². The normalized spacial score (nSPS) is 21.5. The summed E-state index contributed by atoms with van der Waals surface area (Å²) in [4.78, 5) is 18.6. The standard InChI is InChI=1S/C14H26N4O/c1-15-12-6-8-18(9-7-12)14(19)5-4-13-16(2)10-11-17(13)3/h10-13,15H,4-9H2,1-3H3. The molecule has 0 radical (unpaired) electrons. The van der Waals surface area contributed by atoms with Crippen LogP contribution in [0, 0.1) is 0 Å². The van der Waals surface area contributed by atoms with E-state index in [1.54, 1.807) is 0 Å². The van der Waals surface area contributed by atoms with Crippen LogP contribution in [-0.2, 0) is 4.79 Å². The number of nitrogens with zero attached hydrogens (tertiary/aromatic N) is 3. The fourth-order valence-electron chi connectivity index (χ4n) is 2.93. The van der Waals surface area contributed by atoms with Gasteiger partial charge in [0.15, 0.2) is 0 Å². The second-order valence-electron chi connectivity index (χ2n) is 5.59. The van der Waals surface area contributed by atoms with E-state index >= 15 is 0 Å². The van der Waals surface area contributed by atoms with Crippen LogP contribution < -0.4 is 5.32 Å². The summed E-state index contributed by atoms with van der Waals surface area (Å²) in [5.74, 6) is 0.309. The van der Waals surface area contributed by atoms with Crippen molar-refractivity contribution >= 4 is 5.91 Å². The fourth-order valence-corrected chi connectivity index (χ4v) is 2.93. The largest absolute Gasteiger partial charge is 0.359 e. The molecule has 2 aliphatic rings. The molecule has 1 amide bonds. The molecule has 2 heterocycles. The van der Waals surface area contributed by atoms with E-state index in [1.165, 1.54) is 0 Å². The number of amides is 1. The van der Waals surface area contributed by atoms with Crippen molar-refractivity contribution in [2.24, 2.45) is 0 Å². The maximum atomic E-state index is 12.2. The molecule has 2 rings (SSSR count). The highest BCUT2D eigenvalue weighted by Crippen LogP contribution is 2.18. The van der Waals surface area contributed by atoms with Gasteiger partial charge >= 0.3 is 0 Å². The Kier molecular flexibility index (Phi) is 4.69. The van der Waals surface area contributed by atoms with Crippen molar-refractivity contribution in [1.82, 2.24) is 20.0 Å². The van der Waals surface area contributed by atoms with Crippen LogP contribution in [0.2, 0.25) is 0 Å². The van der Waals surface area contributed by atoms with Crippen LogP contribution in [0.15, 0.2) is 12.4 Å². The van der Waals surface area contributed by atoms with Crippen LogP contribution in [-0.4, -0.2) is 67.0 Å². The summed E-state index contributed by atoms with van der Waals surface area (Å²) in [5.41, 5.74) is 0. The lowest BCUT2D eigenvalue weighted by Crippen LogP contribution is -2.44. The van der Waals surface area contributed by atoms with Crippen molar-refractivity contribution in [1.29, 1.82) is 0 Å². The average Bonchev–Trinajstić information content (AvgIpc) is 2.75. The Morgan fingerprint density at radius 1 is 1.21 bits per heavy atom. The van der Waals surface area contributed by atoms with Crippen molar-refractivity contribution in [3.05, 3.63) is 12.4 Å². The van der Waals surface area contributed by atoms with Gasteiger partial charge in [-0.3, -0.25) is 4.79 Å². The molecule has 19 heavy (non-hydrogen) atoms. The minimum atomic E-state index is 0.309. The summed E-state index contributed by atoms with van der Waals surface area (Å²) >= 11 is 0. The molecular formula is C14H26N4O. The summed E-state index contributed by atoms with van der Waals surface area (Å²) < 4.78 is 0. The van der Waals surface area contributed by atoms with Crippen LogP contribution in [0.3, 0.4) is 0 Å². The van der Waals surface area contributed by atoms with E-state index in [9.17, 15) is 4.79 Å². The predicted octanol–water partition coefficient (Wildman–Crippen LogP) is 0.651. The smallest absolute Gasteiger partial charge is 0.222 e. The van der Waals surface area contributed by atoms with E-state index in [0.717, 1.165) is 32.4 Å². The topological polar surface area (TPSA) is 38.8 Å². The van der Waals surface area contributed by atoms with E-state index in [4.69, 9.17) is 0 Å². The van der Waals surface area contributed by atoms with Crippen molar-refractivity contribution in [3.63, 3.8) is 0 Å². The van der Waals surface area contributed by atoms with Gasteiger partial charge in [0.25, 0.3) is 0 Å². The zero-order valence-electron chi connectivity index (χ0n) is 12.3. The Hall–Kier alpha value is -1.23. The first kappa shape index (κ1) is 14.2. The summed E-state index contributed by atoms with van der Waals surface area (Å²) in [7, 11) is 6.13. The zero-order valence-corrected chi connectivity index (χ0v) is 12.3. The molecule has 0 saturated carbocycles. The first-order valence-corrected chi connectivity index (χ1v) is 7.19. The molecule has 0 bridgehead atoms. The van der Waals surface area contributed by atoms with Gasteiger partial charge in [-0.25, -0.2) is 0 Å². The van der Waals surface area contributed by atoms with Gasteiger partial charge in [-0.2, -0.15) is 0 Å². The molecule has 0 aromatic carbocycles. The number of likely N-dealkylation sites (tertiary alicyclic amines) is 1. The molecule has 0 unspecified atom stereocenters. The molecule has 5 heteroatoms. The van der Waals surface area contributed by atoms with Crippen LogP contribution in [0.25, 0.3) is 0 Å². The van der Waals surface area contributed by atoms with E-state index < -0.39 is 0 Å². The SMILES string of the molecule is CNC1CCN(C(=O)CCC2N(C)C=CN2C)CC1. The minimum Gasteiger partial charge on any atom is -0.359 e. The molecule has 0 atom stereocenters. The van der Waals surface area contributed by atoms with Crippen molar-refractivity contribution < 1.29 is 4.79 Å². The van der Waals surface area contributed by atoms with Gasteiger partial charge in [-0.05, 0) is 26.3 Å². The predicted molar refractivity (Wildman–Crippen MR) is 76.3 cm³/mol. The molecule has 1 fully saturated rings. The number of piperidine rings is 1. The minimum absolute atomic E-state index is 0.309. The van der Waals surface area contributed by atoms with Gasteiger partial charge in [-0.15, -0.1) is 0 Å². The van der Waals surface area contributed by atoms with Gasteiger partial charge in [0.1, 0.15) is 6.17 Å². The van der Waals surface area contributed by atoms with Gasteiger partial charge < -0.3 is 20.0 Å². The second kappa shape index (κ2) is 6.28. The summed E-state index contributed by atoms with van der Waals surface area (Å²) in [6, 6.07) is 0.584. The van der Waals surface area contributed by atoms with E-state index in [2.05, 4.69) is 41.6 Å². The van der Waals surface area contributed by atoms with Gasteiger partial charge in [0.2, 0.25) is 5.91 Å². The quantitative estimate of drug-likeness (QED) is 0.811. The number of hydrogen-bond donors (Lipinski definition) is 1. The molecule has 0 aromatic heterocycles. The maximum absolute atomic E-state index is 12.2. The molecule has 1 N–H and O–H groups in total. The lowest BCUT2D eigenvalue weighted by atomic mass is 10.0. The average molecular weight is 266 g/mol. The highest BCUT2D eigenvalue weighted by atomic mass is 16.2. The lowest BCUT2D eigenvalue weighted by molar-refractivity contribution is -0.132. The van der Waals surface area contributed by atoms with Crippen LogP contribution in [0.5, 0.6) is 0 Å². The van der Waals surface area contributed by atoms with Crippen LogP contribution >= 0.6 is 0 Å².